The summed E-state index contributed by atoms with van der Waals surface area (Å²) in [6.07, 6.45) is 1.71. The summed E-state index contributed by atoms with van der Waals surface area (Å²) in [5.41, 5.74) is 4.57. The van der Waals surface area contributed by atoms with E-state index >= 15 is 0 Å². The first kappa shape index (κ1) is 19.2. The third-order valence-corrected chi connectivity index (χ3v) is 5.72. The van der Waals surface area contributed by atoms with E-state index in [9.17, 15) is 4.79 Å². The average molecular weight is 424 g/mol. The minimum atomic E-state index is -0.174. The van der Waals surface area contributed by atoms with Crippen LogP contribution in [0.4, 0.5) is 5.13 Å². The van der Waals surface area contributed by atoms with Crippen molar-refractivity contribution >= 4 is 34.1 Å². The highest BCUT2D eigenvalue weighted by Crippen LogP contribution is 2.24. The molecule has 3 heterocycles. The molecule has 0 bridgehead atoms. The molecule has 0 aliphatic heterocycles. The Bertz CT molecular complexity index is 1140. The molecule has 3 aromatic heterocycles. The number of hydrogen-bond donors (Lipinski definition) is 1. The number of tetrazole rings is 1. The number of carbonyl (C=O) groups is 1. The first-order chi connectivity index (χ1) is 14.1. The minimum absolute atomic E-state index is 0.170. The highest BCUT2D eigenvalue weighted by Gasteiger charge is 2.14. The molecule has 0 atom stereocenters. The fourth-order valence-corrected chi connectivity index (χ4v) is 4.02. The molecule has 4 rings (SSSR count). The van der Waals surface area contributed by atoms with Crippen molar-refractivity contribution in [1.29, 1.82) is 0 Å². The van der Waals surface area contributed by atoms with Gasteiger partial charge in [0.25, 0.3) is 0 Å². The quantitative estimate of drug-likeness (QED) is 0.474. The number of thioether (sulfide) groups is 1. The molecule has 1 aromatic carbocycles. The minimum Gasteiger partial charge on any atom is -0.301 e. The Morgan fingerprint density at radius 3 is 2.93 bits per heavy atom. The van der Waals surface area contributed by atoms with Crippen molar-refractivity contribution in [2.75, 3.05) is 11.1 Å². The van der Waals surface area contributed by atoms with E-state index in [1.165, 1.54) is 23.1 Å². The first-order valence-corrected chi connectivity index (χ1v) is 10.6. The SMILES string of the molecule is Cc1ccc(C)c(-n2nnnc2SCC(=O)Nc2nc(-c3ccccn3)cs2)c1. The maximum Gasteiger partial charge on any atom is 0.236 e. The van der Waals surface area contributed by atoms with Crippen LogP contribution in [-0.2, 0) is 4.79 Å². The summed E-state index contributed by atoms with van der Waals surface area (Å²) >= 11 is 2.63. The van der Waals surface area contributed by atoms with Crippen LogP contribution < -0.4 is 5.32 Å². The predicted molar refractivity (Wildman–Crippen MR) is 113 cm³/mol. The van der Waals surface area contributed by atoms with Gasteiger partial charge in [-0.3, -0.25) is 9.78 Å². The van der Waals surface area contributed by atoms with Crippen molar-refractivity contribution in [3.63, 3.8) is 0 Å². The van der Waals surface area contributed by atoms with E-state index in [4.69, 9.17) is 0 Å². The van der Waals surface area contributed by atoms with Gasteiger partial charge in [0.2, 0.25) is 11.1 Å². The Morgan fingerprint density at radius 1 is 1.21 bits per heavy atom. The summed E-state index contributed by atoms with van der Waals surface area (Å²) in [5.74, 6) is -0.00330. The van der Waals surface area contributed by atoms with Gasteiger partial charge in [0, 0.05) is 11.6 Å². The summed E-state index contributed by atoms with van der Waals surface area (Å²) in [6, 6.07) is 11.7. The smallest absolute Gasteiger partial charge is 0.236 e. The van der Waals surface area contributed by atoms with E-state index in [1.54, 1.807) is 10.9 Å². The van der Waals surface area contributed by atoms with Crippen LogP contribution in [0.3, 0.4) is 0 Å². The molecular formula is C19H17N7OS2. The maximum absolute atomic E-state index is 12.4. The summed E-state index contributed by atoms with van der Waals surface area (Å²) in [7, 11) is 0. The second-order valence-electron chi connectivity index (χ2n) is 6.25. The molecule has 1 N–H and O–H groups in total. The zero-order valence-corrected chi connectivity index (χ0v) is 17.4. The number of benzene rings is 1. The Hall–Kier alpha value is -3.11. The van der Waals surface area contributed by atoms with Gasteiger partial charge in [-0.05, 0) is 53.6 Å². The molecule has 0 saturated carbocycles. The lowest BCUT2D eigenvalue weighted by atomic mass is 10.1. The molecule has 10 heteroatoms. The summed E-state index contributed by atoms with van der Waals surface area (Å²) in [5, 5.41) is 17.7. The normalized spacial score (nSPS) is 10.8. The lowest BCUT2D eigenvalue weighted by molar-refractivity contribution is -0.113. The number of pyridine rings is 1. The van der Waals surface area contributed by atoms with Crippen molar-refractivity contribution in [1.82, 2.24) is 30.2 Å². The summed E-state index contributed by atoms with van der Waals surface area (Å²) < 4.78 is 1.66. The van der Waals surface area contributed by atoms with Crippen LogP contribution in [-0.4, -0.2) is 41.8 Å². The fraction of sp³-hybridized carbons (Fsp3) is 0.158. The molecule has 0 saturated heterocycles. The standard InChI is InChI=1S/C19H17N7OS2/c1-12-6-7-13(2)16(9-12)26-19(23-24-25-26)29-11-17(27)22-18-21-15(10-28-18)14-5-3-4-8-20-14/h3-10H,11H2,1-2H3,(H,21,22,27). The molecule has 29 heavy (non-hydrogen) atoms. The number of aryl methyl sites for hydroxylation is 2. The zero-order valence-electron chi connectivity index (χ0n) is 15.7. The van der Waals surface area contributed by atoms with Gasteiger partial charge in [-0.1, -0.05) is 30.0 Å². The van der Waals surface area contributed by atoms with Crippen LogP contribution in [0.2, 0.25) is 0 Å². The largest absolute Gasteiger partial charge is 0.301 e. The number of nitrogens with one attached hydrogen (secondary N) is 1. The van der Waals surface area contributed by atoms with Gasteiger partial charge in [-0.25, -0.2) is 4.98 Å². The van der Waals surface area contributed by atoms with Crippen LogP contribution in [0.25, 0.3) is 17.1 Å². The topological polar surface area (TPSA) is 98.5 Å². The van der Waals surface area contributed by atoms with Gasteiger partial charge >= 0.3 is 0 Å². The van der Waals surface area contributed by atoms with Crippen LogP contribution >= 0.6 is 23.1 Å². The van der Waals surface area contributed by atoms with Crippen molar-refractivity contribution in [2.45, 2.75) is 19.0 Å². The summed E-state index contributed by atoms with van der Waals surface area (Å²) in [6.45, 7) is 4.01. The Morgan fingerprint density at radius 2 is 2.10 bits per heavy atom. The number of anilines is 1. The monoisotopic (exact) mass is 423 g/mol. The molecule has 1 amide bonds. The number of hydrogen-bond acceptors (Lipinski definition) is 8. The number of amides is 1. The molecule has 0 radical (unpaired) electrons. The van der Waals surface area contributed by atoms with E-state index < -0.39 is 0 Å². The molecule has 146 valence electrons. The van der Waals surface area contributed by atoms with Gasteiger partial charge in [-0.2, -0.15) is 4.68 Å². The Labute approximate surface area is 175 Å². The van der Waals surface area contributed by atoms with Crippen molar-refractivity contribution < 1.29 is 4.79 Å². The molecular weight excluding hydrogens is 406 g/mol. The Kier molecular flexibility index (Phi) is 5.63. The van der Waals surface area contributed by atoms with Crippen LogP contribution in [0, 0.1) is 13.8 Å². The van der Waals surface area contributed by atoms with E-state index in [1.807, 2.05) is 55.6 Å². The van der Waals surface area contributed by atoms with Gasteiger partial charge in [0.05, 0.1) is 17.1 Å². The number of aromatic nitrogens is 6. The average Bonchev–Trinajstić information content (AvgIpc) is 3.38. The molecule has 0 aliphatic rings. The van der Waals surface area contributed by atoms with Crippen LogP contribution in [0.15, 0.2) is 53.1 Å². The molecule has 8 nitrogen and oxygen atoms in total. The zero-order chi connectivity index (χ0) is 20.2. The fourth-order valence-electron chi connectivity index (χ4n) is 2.62. The third-order valence-electron chi connectivity index (χ3n) is 4.04. The number of thiazole rings is 1. The second-order valence-corrected chi connectivity index (χ2v) is 8.05. The molecule has 0 aliphatic carbocycles. The van der Waals surface area contributed by atoms with Crippen LogP contribution in [0.5, 0.6) is 0 Å². The van der Waals surface area contributed by atoms with Crippen LogP contribution in [0.1, 0.15) is 11.1 Å². The van der Waals surface area contributed by atoms with Gasteiger partial charge in [0.1, 0.15) is 5.69 Å². The molecule has 0 fully saturated rings. The maximum atomic E-state index is 12.4. The molecule has 0 spiro atoms. The van der Waals surface area contributed by atoms with Gasteiger partial charge < -0.3 is 5.32 Å². The molecule has 4 aromatic rings. The van der Waals surface area contributed by atoms with Crippen molar-refractivity contribution in [3.8, 4) is 17.1 Å². The van der Waals surface area contributed by atoms with E-state index in [0.29, 0.717) is 10.3 Å². The van der Waals surface area contributed by atoms with E-state index in [0.717, 1.165) is 28.2 Å². The second kappa shape index (κ2) is 8.50. The third kappa shape index (κ3) is 4.49. The Balaban J connectivity index is 1.41. The lowest BCUT2D eigenvalue weighted by Crippen LogP contribution is -2.14. The van der Waals surface area contributed by atoms with Gasteiger partial charge in [-0.15, -0.1) is 16.4 Å². The van der Waals surface area contributed by atoms with E-state index in [2.05, 4.69) is 30.8 Å². The lowest BCUT2D eigenvalue weighted by Gasteiger charge is -2.08. The number of carbonyl (C=O) groups excluding carboxylic acids is 1. The predicted octanol–water partition coefficient (Wildman–Crippen LogP) is 3.53. The van der Waals surface area contributed by atoms with E-state index in [-0.39, 0.29) is 11.7 Å². The van der Waals surface area contributed by atoms with Gasteiger partial charge in [0.15, 0.2) is 5.13 Å². The molecule has 0 unspecified atom stereocenters. The highest BCUT2D eigenvalue weighted by molar-refractivity contribution is 7.99. The summed E-state index contributed by atoms with van der Waals surface area (Å²) in [4.78, 5) is 21.1. The van der Waals surface area contributed by atoms with Crippen molar-refractivity contribution in [3.05, 3.63) is 59.1 Å². The highest BCUT2D eigenvalue weighted by atomic mass is 32.2. The van der Waals surface area contributed by atoms with Crippen molar-refractivity contribution in [2.24, 2.45) is 0 Å². The first-order valence-electron chi connectivity index (χ1n) is 8.76. The number of rotatable bonds is 6. The number of nitrogens with zero attached hydrogens (tertiary/aromatic N) is 6.